The van der Waals surface area contributed by atoms with E-state index in [2.05, 4.69) is 4.98 Å². The van der Waals surface area contributed by atoms with E-state index in [9.17, 15) is 4.39 Å². The Kier molecular flexibility index (Phi) is 7.43. The smallest absolute Gasteiger partial charge is 0.250 e. The molecule has 0 aliphatic rings. The van der Waals surface area contributed by atoms with Crippen LogP contribution < -0.4 is 14.2 Å². The lowest BCUT2D eigenvalue weighted by molar-refractivity contribution is 0.205. The topological polar surface area (TPSA) is 40.6 Å². The van der Waals surface area contributed by atoms with Crippen molar-refractivity contribution in [1.82, 2.24) is 4.98 Å². The molecule has 1 aromatic heterocycles. The van der Waals surface area contributed by atoms with Gasteiger partial charge in [-0.05, 0) is 30.3 Å². The molecule has 0 atom stereocenters. The average molecular weight is 393 g/mol. The molecular weight excluding hydrogens is 380 g/mol. The van der Waals surface area contributed by atoms with E-state index in [1.54, 1.807) is 18.2 Å². The van der Waals surface area contributed by atoms with Gasteiger partial charge in [-0.2, -0.15) is 0 Å². The fourth-order valence-electron chi connectivity index (χ4n) is 1.68. The van der Waals surface area contributed by atoms with Crippen molar-refractivity contribution in [2.24, 2.45) is 0 Å². The Morgan fingerprint density at radius 3 is 2.50 bits per heavy atom. The molecule has 2 aromatic rings. The predicted molar refractivity (Wildman–Crippen MR) is 91.9 cm³/mol. The van der Waals surface area contributed by atoms with Gasteiger partial charge in [0.1, 0.15) is 35.8 Å². The second kappa shape index (κ2) is 9.57. The Balaban J connectivity index is 1.84. The van der Waals surface area contributed by atoms with Gasteiger partial charge in [0, 0.05) is 17.3 Å². The second-order valence-electron chi connectivity index (χ2n) is 4.41. The second-order valence-corrected chi connectivity index (χ2v) is 5.86. The molecule has 0 saturated heterocycles. The largest absolute Gasteiger partial charge is 0.490 e. The van der Waals surface area contributed by atoms with Crippen LogP contribution in [-0.2, 0) is 0 Å². The standard InChI is InChI=1S/C16H13Cl3FNO3/c17-11-8-12(22-5-3-15(18)19)10-13(9-11)23-6-7-24-16-14(20)2-1-4-21-16/h1-4,8-10H,5-7H2. The van der Waals surface area contributed by atoms with Crippen LogP contribution in [0.3, 0.4) is 0 Å². The molecule has 0 saturated carbocycles. The molecule has 24 heavy (non-hydrogen) atoms. The molecular formula is C16H13Cl3FNO3. The number of hydrogen-bond donors (Lipinski definition) is 0. The van der Waals surface area contributed by atoms with Gasteiger partial charge in [-0.1, -0.05) is 34.8 Å². The van der Waals surface area contributed by atoms with E-state index in [-0.39, 0.29) is 30.2 Å². The molecule has 0 N–H and O–H groups in total. The van der Waals surface area contributed by atoms with Crippen molar-refractivity contribution < 1.29 is 18.6 Å². The van der Waals surface area contributed by atoms with Gasteiger partial charge in [-0.3, -0.25) is 0 Å². The van der Waals surface area contributed by atoms with Gasteiger partial charge >= 0.3 is 0 Å². The summed E-state index contributed by atoms with van der Waals surface area (Å²) in [7, 11) is 0. The number of rotatable bonds is 8. The van der Waals surface area contributed by atoms with Crippen LogP contribution in [0.15, 0.2) is 47.1 Å². The molecule has 1 aromatic carbocycles. The molecule has 0 unspecified atom stereocenters. The van der Waals surface area contributed by atoms with Gasteiger partial charge in [0.05, 0.1) is 0 Å². The van der Waals surface area contributed by atoms with Crippen LogP contribution in [0.2, 0.25) is 5.02 Å². The maximum absolute atomic E-state index is 13.3. The summed E-state index contributed by atoms with van der Waals surface area (Å²) in [5, 5.41) is 0.445. The highest BCUT2D eigenvalue weighted by molar-refractivity contribution is 6.55. The molecule has 0 radical (unpaired) electrons. The first-order valence-corrected chi connectivity index (χ1v) is 7.98. The lowest BCUT2D eigenvalue weighted by atomic mass is 10.3. The average Bonchev–Trinajstić information content (AvgIpc) is 2.52. The lowest BCUT2D eigenvalue weighted by Crippen LogP contribution is -2.10. The van der Waals surface area contributed by atoms with Gasteiger partial charge in [0.15, 0.2) is 5.82 Å². The van der Waals surface area contributed by atoms with Crippen molar-refractivity contribution in [2.45, 2.75) is 0 Å². The molecule has 0 fully saturated rings. The van der Waals surface area contributed by atoms with E-state index in [4.69, 9.17) is 49.0 Å². The number of aromatic nitrogens is 1. The van der Waals surface area contributed by atoms with Crippen molar-refractivity contribution in [1.29, 1.82) is 0 Å². The zero-order chi connectivity index (χ0) is 17.4. The number of ether oxygens (including phenoxy) is 3. The number of benzene rings is 1. The molecule has 4 nitrogen and oxygen atoms in total. The van der Waals surface area contributed by atoms with Gasteiger partial charge in [-0.25, -0.2) is 9.37 Å². The highest BCUT2D eigenvalue weighted by Gasteiger charge is 2.05. The van der Waals surface area contributed by atoms with Crippen LogP contribution >= 0.6 is 34.8 Å². The van der Waals surface area contributed by atoms with Crippen LogP contribution in [-0.4, -0.2) is 24.8 Å². The van der Waals surface area contributed by atoms with Crippen molar-refractivity contribution in [3.05, 3.63) is 57.9 Å². The van der Waals surface area contributed by atoms with Crippen molar-refractivity contribution in [3.63, 3.8) is 0 Å². The van der Waals surface area contributed by atoms with E-state index in [1.807, 2.05) is 0 Å². The SMILES string of the molecule is Fc1cccnc1OCCOc1cc(Cl)cc(OCC=C(Cl)Cl)c1. The van der Waals surface area contributed by atoms with Crippen LogP contribution in [0.1, 0.15) is 0 Å². The zero-order valence-corrected chi connectivity index (χ0v) is 14.6. The Morgan fingerprint density at radius 1 is 1.08 bits per heavy atom. The summed E-state index contributed by atoms with van der Waals surface area (Å²) in [5.74, 6) is 0.395. The minimum Gasteiger partial charge on any atom is -0.490 e. The maximum Gasteiger partial charge on any atom is 0.250 e. The van der Waals surface area contributed by atoms with Crippen LogP contribution in [0, 0.1) is 5.82 Å². The molecule has 0 amide bonds. The van der Waals surface area contributed by atoms with E-state index >= 15 is 0 Å². The minimum atomic E-state index is -0.526. The van der Waals surface area contributed by atoms with E-state index in [0.29, 0.717) is 16.5 Å². The zero-order valence-electron chi connectivity index (χ0n) is 12.3. The van der Waals surface area contributed by atoms with E-state index in [0.717, 1.165) is 0 Å². The number of nitrogens with zero attached hydrogens (tertiary/aromatic N) is 1. The normalized spacial score (nSPS) is 10.2. The van der Waals surface area contributed by atoms with Crippen molar-refractivity contribution >= 4 is 34.8 Å². The summed E-state index contributed by atoms with van der Waals surface area (Å²) in [6.07, 6.45) is 2.95. The van der Waals surface area contributed by atoms with Gasteiger partial charge in [-0.15, -0.1) is 0 Å². The fraction of sp³-hybridized carbons (Fsp3) is 0.188. The molecule has 0 bridgehead atoms. The summed E-state index contributed by atoms with van der Waals surface area (Å²) in [5.41, 5.74) is 0. The summed E-state index contributed by atoms with van der Waals surface area (Å²) >= 11 is 17.0. The molecule has 0 aliphatic carbocycles. The third kappa shape index (κ3) is 6.43. The van der Waals surface area contributed by atoms with Gasteiger partial charge in [0.25, 0.3) is 0 Å². The lowest BCUT2D eigenvalue weighted by Gasteiger charge is -2.10. The molecule has 1 heterocycles. The summed E-state index contributed by atoms with van der Waals surface area (Å²) in [4.78, 5) is 3.78. The molecule has 0 spiro atoms. The highest BCUT2D eigenvalue weighted by Crippen LogP contribution is 2.26. The first-order chi connectivity index (χ1) is 11.5. The van der Waals surface area contributed by atoms with Crippen LogP contribution in [0.4, 0.5) is 4.39 Å². The molecule has 0 aliphatic heterocycles. The first kappa shape index (κ1) is 18.6. The summed E-state index contributed by atoms with van der Waals surface area (Å²) < 4.78 is 29.6. The Labute approximate surface area is 153 Å². The number of pyridine rings is 1. The first-order valence-electron chi connectivity index (χ1n) is 6.85. The van der Waals surface area contributed by atoms with Crippen molar-refractivity contribution in [3.8, 4) is 17.4 Å². The van der Waals surface area contributed by atoms with E-state index in [1.165, 1.54) is 24.4 Å². The third-order valence-electron chi connectivity index (χ3n) is 2.65. The Hall–Kier alpha value is -1.69. The quantitative estimate of drug-likeness (QED) is 0.591. The third-order valence-corrected chi connectivity index (χ3v) is 3.17. The number of hydrogen-bond acceptors (Lipinski definition) is 4. The molecule has 8 heteroatoms. The molecule has 2 rings (SSSR count). The van der Waals surface area contributed by atoms with Gasteiger partial charge in [0.2, 0.25) is 5.88 Å². The maximum atomic E-state index is 13.3. The Bertz CT molecular complexity index is 709. The minimum absolute atomic E-state index is 0.0686. The summed E-state index contributed by atoms with van der Waals surface area (Å²) in [6, 6.07) is 7.66. The number of halogens is 4. The highest BCUT2D eigenvalue weighted by atomic mass is 35.5. The Morgan fingerprint density at radius 2 is 1.79 bits per heavy atom. The molecule has 128 valence electrons. The summed E-state index contributed by atoms with van der Waals surface area (Å²) in [6.45, 7) is 0.509. The van der Waals surface area contributed by atoms with Crippen molar-refractivity contribution in [2.75, 3.05) is 19.8 Å². The monoisotopic (exact) mass is 391 g/mol. The van der Waals surface area contributed by atoms with Gasteiger partial charge < -0.3 is 14.2 Å². The predicted octanol–water partition coefficient (Wildman–Crippen LogP) is 5.03. The van der Waals surface area contributed by atoms with Crippen LogP contribution in [0.5, 0.6) is 17.4 Å². The van der Waals surface area contributed by atoms with E-state index < -0.39 is 5.82 Å². The van der Waals surface area contributed by atoms with Crippen LogP contribution in [0.25, 0.3) is 0 Å². The fourth-order valence-corrected chi connectivity index (χ4v) is 2.02.